The van der Waals surface area contributed by atoms with Crippen molar-refractivity contribution in [2.45, 2.75) is 19.8 Å². The molecule has 0 aliphatic heterocycles. The molecule has 0 atom stereocenters. The fourth-order valence-corrected chi connectivity index (χ4v) is 2.86. The Morgan fingerprint density at radius 3 is 2.83 bits per heavy atom. The first kappa shape index (κ1) is 16.1. The molecule has 2 N–H and O–H groups in total. The second-order valence-corrected chi connectivity index (χ2v) is 6.00. The molecular weight excluding hydrogens is 300 g/mol. The van der Waals surface area contributed by atoms with E-state index < -0.39 is 0 Å². The van der Waals surface area contributed by atoms with Crippen LogP contribution in [0.3, 0.4) is 0 Å². The van der Waals surface area contributed by atoms with Gasteiger partial charge in [-0.15, -0.1) is 0 Å². The molecule has 0 radical (unpaired) electrons. The highest BCUT2D eigenvalue weighted by Gasteiger charge is 2.05. The first-order valence-electron chi connectivity index (χ1n) is 8.12. The van der Waals surface area contributed by atoms with E-state index >= 15 is 0 Å². The van der Waals surface area contributed by atoms with Crippen molar-refractivity contribution in [1.29, 1.82) is 0 Å². The summed E-state index contributed by atoms with van der Waals surface area (Å²) in [7, 11) is 1.66. The normalized spacial score (nSPS) is 10.8. The molecule has 1 aromatic heterocycles. The molecular formula is C20H22N2O2. The predicted octanol–water partition coefficient (Wildman–Crippen LogP) is 3.39. The highest BCUT2D eigenvalue weighted by atomic mass is 16.5. The minimum Gasteiger partial charge on any atom is -0.497 e. The molecule has 0 fully saturated rings. The molecule has 3 rings (SSSR count). The van der Waals surface area contributed by atoms with E-state index in [-0.39, 0.29) is 5.91 Å². The quantitative estimate of drug-likeness (QED) is 0.731. The van der Waals surface area contributed by atoms with Crippen molar-refractivity contribution in [3.05, 3.63) is 65.4 Å². The predicted molar refractivity (Wildman–Crippen MR) is 96.4 cm³/mol. The lowest BCUT2D eigenvalue weighted by Crippen LogP contribution is -2.27. The van der Waals surface area contributed by atoms with Crippen molar-refractivity contribution in [1.82, 2.24) is 10.3 Å². The number of carbonyl (C=O) groups is 1. The number of methoxy groups -OCH3 is 1. The summed E-state index contributed by atoms with van der Waals surface area (Å²) >= 11 is 0. The first-order chi connectivity index (χ1) is 11.6. The van der Waals surface area contributed by atoms with Gasteiger partial charge in [-0.25, -0.2) is 0 Å². The summed E-state index contributed by atoms with van der Waals surface area (Å²) in [4.78, 5) is 15.4. The molecule has 124 valence electrons. The van der Waals surface area contributed by atoms with Gasteiger partial charge < -0.3 is 15.0 Å². The van der Waals surface area contributed by atoms with Gasteiger partial charge in [0.2, 0.25) is 5.91 Å². The van der Waals surface area contributed by atoms with Gasteiger partial charge in [-0.2, -0.15) is 0 Å². The van der Waals surface area contributed by atoms with Gasteiger partial charge in [-0.05, 0) is 60.2 Å². The van der Waals surface area contributed by atoms with Crippen LogP contribution in [0.15, 0.2) is 48.5 Å². The van der Waals surface area contributed by atoms with E-state index in [4.69, 9.17) is 4.74 Å². The van der Waals surface area contributed by atoms with Gasteiger partial charge in [0.25, 0.3) is 0 Å². The molecule has 4 nitrogen and oxygen atoms in total. The summed E-state index contributed by atoms with van der Waals surface area (Å²) in [5.74, 6) is 0.887. The molecule has 0 bridgehead atoms. The number of fused-ring (bicyclic) bond motifs is 1. The van der Waals surface area contributed by atoms with Crippen molar-refractivity contribution in [3.63, 3.8) is 0 Å². The molecule has 0 aliphatic carbocycles. The summed E-state index contributed by atoms with van der Waals surface area (Å²) in [6.45, 7) is 2.66. The Balaban J connectivity index is 1.52. The molecule has 0 aliphatic rings. The van der Waals surface area contributed by atoms with Crippen LogP contribution in [0.2, 0.25) is 0 Å². The van der Waals surface area contributed by atoms with E-state index in [9.17, 15) is 4.79 Å². The molecule has 2 aromatic carbocycles. The fraction of sp³-hybridized carbons (Fsp3) is 0.250. The van der Waals surface area contributed by atoms with E-state index in [1.807, 2.05) is 43.3 Å². The number of H-pyrrole nitrogens is 1. The van der Waals surface area contributed by atoms with Gasteiger partial charge in [0, 0.05) is 17.8 Å². The van der Waals surface area contributed by atoms with Crippen molar-refractivity contribution >= 4 is 16.8 Å². The lowest BCUT2D eigenvalue weighted by atomic mass is 10.1. The number of aryl methyl sites for hydroxylation is 1. The van der Waals surface area contributed by atoms with Gasteiger partial charge in [-0.3, -0.25) is 4.79 Å². The Hall–Kier alpha value is -2.75. The van der Waals surface area contributed by atoms with Crippen LogP contribution in [0.5, 0.6) is 5.75 Å². The van der Waals surface area contributed by atoms with Gasteiger partial charge in [0.1, 0.15) is 5.75 Å². The van der Waals surface area contributed by atoms with Crippen molar-refractivity contribution < 1.29 is 9.53 Å². The smallest absolute Gasteiger partial charge is 0.224 e. The van der Waals surface area contributed by atoms with Crippen molar-refractivity contribution in [2.24, 2.45) is 0 Å². The average Bonchev–Trinajstić information content (AvgIpc) is 2.94. The van der Waals surface area contributed by atoms with E-state index in [1.54, 1.807) is 7.11 Å². The van der Waals surface area contributed by atoms with Crippen LogP contribution in [0.25, 0.3) is 10.9 Å². The molecule has 0 spiro atoms. The van der Waals surface area contributed by atoms with Crippen LogP contribution < -0.4 is 10.1 Å². The maximum atomic E-state index is 12.1. The van der Waals surface area contributed by atoms with Crippen molar-refractivity contribution in [2.75, 3.05) is 13.7 Å². The standard InChI is InChI=1S/C20H22N2O2/c1-14-10-17-11-16(6-7-19(17)22-14)13-20(23)21-9-8-15-4-3-5-18(12-15)24-2/h3-7,10-12,22H,8-9,13H2,1-2H3,(H,21,23). The summed E-state index contributed by atoms with van der Waals surface area (Å²) in [6, 6.07) is 16.1. The van der Waals surface area contributed by atoms with Gasteiger partial charge in [0.15, 0.2) is 0 Å². The highest BCUT2D eigenvalue weighted by molar-refractivity contribution is 5.84. The molecule has 0 unspecified atom stereocenters. The zero-order valence-corrected chi connectivity index (χ0v) is 14.1. The van der Waals surface area contributed by atoms with Crippen molar-refractivity contribution in [3.8, 4) is 5.75 Å². The number of benzene rings is 2. The fourth-order valence-electron chi connectivity index (χ4n) is 2.86. The lowest BCUT2D eigenvalue weighted by Gasteiger charge is -2.07. The van der Waals surface area contributed by atoms with E-state index in [0.717, 1.165) is 39.9 Å². The minimum absolute atomic E-state index is 0.0458. The third-order valence-corrected chi connectivity index (χ3v) is 4.05. The van der Waals surface area contributed by atoms with E-state index in [1.165, 1.54) is 0 Å². The number of aromatic amines is 1. The van der Waals surface area contributed by atoms with Crippen LogP contribution in [-0.2, 0) is 17.6 Å². The molecule has 0 saturated heterocycles. The Bertz CT molecular complexity index is 852. The first-order valence-corrected chi connectivity index (χ1v) is 8.12. The maximum absolute atomic E-state index is 12.1. The summed E-state index contributed by atoms with van der Waals surface area (Å²) in [5, 5.41) is 4.13. The minimum atomic E-state index is 0.0458. The van der Waals surface area contributed by atoms with Crippen LogP contribution in [0.1, 0.15) is 16.8 Å². The van der Waals surface area contributed by atoms with Crippen LogP contribution in [0.4, 0.5) is 0 Å². The number of amides is 1. The third-order valence-electron chi connectivity index (χ3n) is 4.05. The number of carbonyl (C=O) groups excluding carboxylic acids is 1. The number of ether oxygens (including phenoxy) is 1. The number of rotatable bonds is 6. The Kier molecular flexibility index (Phi) is 4.85. The molecule has 0 saturated carbocycles. The number of aromatic nitrogens is 1. The molecule has 4 heteroatoms. The number of hydrogen-bond donors (Lipinski definition) is 2. The van der Waals surface area contributed by atoms with Gasteiger partial charge in [-0.1, -0.05) is 18.2 Å². The number of hydrogen-bond acceptors (Lipinski definition) is 2. The van der Waals surface area contributed by atoms with Gasteiger partial charge >= 0.3 is 0 Å². The van der Waals surface area contributed by atoms with Gasteiger partial charge in [0.05, 0.1) is 13.5 Å². The Labute approximate surface area is 141 Å². The maximum Gasteiger partial charge on any atom is 0.224 e. The topological polar surface area (TPSA) is 54.1 Å². The Morgan fingerprint density at radius 2 is 2.00 bits per heavy atom. The van der Waals surface area contributed by atoms with Crippen LogP contribution in [-0.4, -0.2) is 24.5 Å². The number of nitrogens with one attached hydrogen (secondary N) is 2. The monoisotopic (exact) mass is 322 g/mol. The summed E-state index contributed by atoms with van der Waals surface area (Å²) in [6.07, 6.45) is 1.19. The SMILES string of the molecule is COc1cccc(CCNC(=O)Cc2ccc3[nH]c(C)cc3c2)c1. The highest BCUT2D eigenvalue weighted by Crippen LogP contribution is 2.17. The lowest BCUT2D eigenvalue weighted by molar-refractivity contribution is -0.120. The summed E-state index contributed by atoms with van der Waals surface area (Å²) in [5.41, 5.74) is 4.42. The van der Waals surface area contributed by atoms with E-state index in [0.29, 0.717) is 13.0 Å². The molecule has 3 aromatic rings. The summed E-state index contributed by atoms with van der Waals surface area (Å²) < 4.78 is 5.21. The zero-order chi connectivity index (χ0) is 16.9. The molecule has 1 heterocycles. The second kappa shape index (κ2) is 7.21. The van der Waals surface area contributed by atoms with E-state index in [2.05, 4.69) is 22.4 Å². The molecule has 24 heavy (non-hydrogen) atoms. The zero-order valence-electron chi connectivity index (χ0n) is 14.1. The largest absolute Gasteiger partial charge is 0.497 e. The average molecular weight is 322 g/mol. The van der Waals surface area contributed by atoms with Crippen LogP contribution >= 0.6 is 0 Å². The second-order valence-electron chi connectivity index (χ2n) is 6.00. The van der Waals surface area contributed by atoms with Crippen LogP contribution in [0, 0.1) is 6.92 Å². The Morgan fingerprint density at radius 1 is 1.12 bits per heavy atom. The third kappa shape index (κ3) is 3.96. The molecule has 1 amide bonds.